The van der Waals surface area contributed by atoms with Gasteiger partial charge in [-0.15, -0.1) is 0 Å². The fourth-order valence-corrected chi connectivity index (χ4v) is 2.20. The highest BCUT2D eigenvalue weighted by atomic mass is 19.4. The van der Waals surface area contributed by atoms with E-state index in [-0.39, 0.29) is 0 Å². The van der Waals surface area contributed by atoms with Crippen LogP contribution < -0.4 is 0 Å². The summed E-state index contributed by atoms with van der Waals surface area (Å²) in [5, 5.41) is 0. The summed E-state index contributed by atoms with van der Waals surface area (Å²) in [4.78, 5) is 0. The van der Waals surface area contributed by atoms with Gasteiger partial charge < -0.3 is 0 Å². The first-order valence-electron chi connectivity index (χ1n) is 8.51. The first kappa shape index (κ1) is 38.2. The molecule has 0 unspecified atom stereocenters. The Kier molecular flexibility index (Phi) is 8.67. The zero-order valence-electron chi connectivity index (χ0n) is 17.4. The molecule has 0 aromatic heterocycles. The zero-order chi connectivity index (χ0) is 33.6. The Hall–Kier alpha value is -1.82. The predicted molar refractivity (Wildman–Crippen MR) is 71.0 cm³/mol. The van der Waals surface area contributed by atoms with Gasteiger partial charge in [-0.25, -0.2) is 8.78 Å². The monoisotopic (exact) mass is 666 g/mol. The second kappa shape index (κ2) is 9.09. The van der Waals surface area contributed by atoms with E-state index < -0.39 is 84.4 Å². The summed E-state index contributed by atoms with van der Waals surface area (Å²) in [5.41, 5.74) is 0. The number of rotatable bonds is 12. The quantitative estimate of drug-likeness (QED) is 0.183. The second-order valence-corrected chi connectivity index (χ2v) is 7.56. The Balaban J connectivity index is 7.35. The minimum atomic E-state index is -9.63. The summed E-state index contributed by atoms with van der Waals surface area (Å²) >= 11 is 0. The summed E-state index contributed by atoms with van der Waals surface area (Å²) in [7, 11) is 0. The molecule has 0 atom stereocenters. The highest BCUT2D eigenvalue weighted by Crippen LogP contribution is 2.67. The van der Waals surface area contributed by atoms with Crippen molar-refractivity contribution in [2.45, 2.75) is 84.4 Å². The summed E-state index contributed by atoms with van der Waals surface area (Å²) in [6, 6.07) is 0. The minimum absolute atomic E-state index is 1.53. The van der Waals surface area contributed by atoms with Crippen LogP contribution in [0.15, 0.2) is 0 Å². The molecule has 0 bridgehead atoms. The molecule has 40 heavy (non-hydrogen) atoms. The highest BCUT2D eigenvalue weighted by Gasteiger charge is 2.99. The van der Waals surface area contributed by atoms with Gasteiger partial charge in [0, 0.05) is 6.92 Å². The minimum Gasteiger partial charge on any atom is -0.203 e. The summed E-state index contributed by atoms with van der Waals surface area (Å²) in [6.45, 7) is -1.53. The molecule has 0 heterocycles. The largest absolute Gasteiger partial charge is 0.385 e. The van der Waals surface area contributed by atoms with Crippen LogP contribution in [0, 0.1) is 0 Å². The SMILES string of the molecule is CC(F)(F)C(F)(F)C(F)(F)C(F)(F)C(F)(F)C(F)(F)C(F)(F)C(F)(F)C(F)(F)C(F)(F)C(F)(F)C(F)(F)C(F)F. The van der Waals surface area contributed by atoms with Crippen molar-refractivity contribution >= 4 is 0 Å². The van der Waals surface area contributed by atoms with Crippen molar-refractivity contribution in [1.82, 2.24) is 0 Å². The van der Waals surface area contributed by atoms with Crippen LogP contribution in [0.4, 0.5) is 114 Å². The van der Waals surface area contributed by atoms with E-state index in [1.54, 1.807) is 0 Å². The van der Waals surface area contributed by atoms with Gasteiger partial charge in [-0.2, -0.15) is 105 Å². The average molecular weight is 666 g/mol. The van der Waals surface area contributed by atoms with Gasteiger partial charge in [0.15, 0.2) is 0 Å². The van der Waals surface area contributed by atoms with Crippen LogP contribution in [-0.4, -0.2) is 77.5 Å². The fourth-order valence-electron chi connectivity index (χ4n) is 2.20. The van der Waals surface area contributed by atoms with E-state index in [2.05, 4.69) is 0 Å². The first-order chi connectivity index (χ1) is 16.7. The van der Waals surface area contributed by atoms with Gasteiger partial charge >= 0.3 is 77.5 Å². The topological polar surface area (TPSA) is 0 Å². The van der Waals surface area contributed by atoms with Gasteiger partial charge in [0.05, 0.1) is 0 Å². The third kappa shape index (κ3) is 4.21. The summed E-state index contributed by atoms with van der Waals surface area (Å²) in [6.07, 6.45) is -6.30. The molecule has 0 aliphatic heterocycles. The molecule has 0 N–H and O–H groups in total. The van der Waals surface area contributed by atoms with E-state index >= 15 is 0 Å². The van der Waals surface area contributed by atoms with Crippen molar-refractivity contribution in [1.29, 1.82) is 0 Å². The van der Waals surface area contributed by atoms with E-state index in [0.29, 0.717) is 0 Å². The maximum absolute atomic E-state index is 13.5. The van der Waals surface area contributed by atoms with Crippen molar-refractivity contribution < 1.29 is 114 Å². The van der Waals surface area contributed by atoms with Crippen molar-refractivity contribution in [3.05, 3.63) is 0 Å². The van der Waals surface area contributed by atoms with Crippen LogP contribution >= 0.6 is 0 Å². The molecule has 0 aromatic rings. The highest BCUT2D eigenvalue weighted by molar-refractivity contribution is 5.20. The summed E-state index contributed by atoms with van der Waals surface area (Å²) < 4.78 is 340. The molecule has 26 heteroatoms. The fraction of sp³-hybridized carbons (Fsp3) is 1.00. The number of halogens is 26. The Morgan fingerprint density at radius 1 is 0.275 bits per heavy atom. The maximum atomic E-state index is 13.5. The van der Waals surface area contributed by atoms with Crippen molar-refractivity contribution in [3.63, 3.8) is 0 Å². The number of hydrogen-bond donors (Lipinski definition) is 0. The van der Waals surface area contributed by atoms with E-state index in [9.17, 15) is 114 Å². The van der Waals surface area contributed by atoms with Crippen LogP contribution in [0.2, 0.25) is 0 Å². The molecule has 0 aromatic carbocycles. The van der Waals surface area contributed by atoms with Gasteiger partial charge in [-0.1, -0.05) is 0 Å². The predicted octanol–water partition coefficient (Wildman–Crippen LogP) is 8.90. The van der Waals surface area contributed by atoms with E-state index in [0.717, 1.165) is 0 Å². The standard InChI is InChI=1S/C14H4F26/c1-3(17,18)5(21,22)7(25,26)9(29,30)11(33,34)13(37,38)14(39,40)12(35,36)10(31,32)8(27,28)6(23,24)4(19,20)2(15)16/h2H,1H3. The molecule has 0 spiro atoms. The van der Waals surface area contributed by atoms with Gasteiger partial charge in [0.2, 0.25) is 0 Å². The maximum Gasteiger partial charge on any atom is 0.385 e. The smallest absolute Gasteiger partial charge is 0.203 e. The molecule has 0 nitrogen and oxygen atoms in total. The van der Waals surface area contributed by atoms with Gasteiger partial charge in [-0.05, 0) is 0 Å². The lowest BCUT2D eigenvalue weighted by Gasteiger charge is -2.45. The van der Waals surface area contributed by atoms with Gasteiger partial charge in [0.25, 0.3) is 0 Å². The molecule has 0 rings (SSSR count). The Morgan fingerprint density at radius 2 is 0.425 bits per heavy atom. The molecule has 0 fully saturated rings. The second-order valence-electron chi connectivity index (χ2n) is 7.56. The first-order valence-corrected chi connectivity index (χ1v) is 8.51. The zero-order valence-corrected chi connectivity index (χ0v) is 17.4. The van der Waals surface area contributed by atoms with Crippen LogP contribution in [0.5, 0.6) is 0 Å². The van der Waals surface area contributed by atoms with Crippen molar-refractivity contribution in [2.75, 3.05) is 0 Å². The Labute approximate surface area is 200 Å². The van der Waals surface area contributed by atoms with Crippen LogP contribution in [0.25, 0.3) is 0 Å². The molecule has 0 saturated carbocycles. The van der Waals surface area contributed by atoms with Crippen LogP contribution in [-0.2, 0) is 0 Å². The average Bonchev–Trinajstić information content (AvgIpc) is 2.71. The lowest BCUT2D eigenvalue weighted by Crippen LogP contribution is -2.78. The van der Waals surface area contributed by atoms with E-state index in [1.807, 2.05) is 0 Å². The molecule has 0 amide bonds. The van der Waals surface area contributed by atoms with Gasteiger partial charge in [0.1, 0.15) is 0 Å². The third-order valence-corrected chi connectivity index (χ3v) is 4.79. The molecule has 0 aliphatic carbocycles. The molecule has 242 valence electrons. The van der Waals surface area contributed by atoms with E-state index in [1.165, 1.54) is 0 Å². The molecule has 0 radical (unpaired) electrons. The lowest BCUT2D eigenvalue weighted by atomic mass is 9.84. The third-order valence-electron chi connectivity index (χ3n) is 4.79. The van der Waals surface area contributed by atoms with Crippen LogP contribution in [0.1, 0.15) is 6.92 Å². The number of hydrogen-bond acceptors (Lipinski definition) is 0. The molecule has 0 saturated heterocycles. The Bertz CT molecular complexity index is 916. The van der Waals surface area contributed by atoms with Gasteiger partial charge in [-0.3, -0.25) is 0 Å². The van der Waals surface area contributed by atoms with Crippen molar-refractivity contribution in [3.8, 4) is 0 Å². The molecule has 0 aliphatic rings. The lowest BCUT2D eigenvalue weighted by molar-refractivity contribution is -0.479. The molecular weight excluding hydrogens is 662 g/mol. The number of alkyl halides is 26. The molecular formula is C14H4F26. The normalized spacial score (nSPS) is 17.1. The van der Waals surface area contributed by atoms with Crippen molar-refractivity contribution in [2.24, 2.45) is 0 Å². The summed E-state index contributed by atoms with van der Waals surface area (Å²) in [5.74, 6) is -106. The van der Waals surface area contributed by atoms with E-state index in [4.69, 9.17) is 0 Å². The van der Waals surface area contributed by atoms with Crippen LogP contribution in [0.3, 0.4) is 0 Å². The Morgan fingerprint density at radius 3 is 0.575 bits per heavy atom.